The fraction of sp³-hybridized carbons (Fsp3) is 0.357. The Kier molecular flexibility index (Phi) is 15.8. The Bertz CT molecular complexity index is 1810. The predicted octanol–water partition coefficient (Wildman–Crippen LogP) is 6.20. The standard InChI is InChI=1S/C42H48F2N4O7/c1-28(2)36(27-53-24-33-16-11-21-45-23-33)47-40(51)42(43,44)38(49)35(22-30-17-19-34(20-18-30)54-25-31-12-7-5-8-13-31)46-39(50)37(29(3)4)48-41(52)55-26-32-14-9-6-10-15-32/h5-21,23,28-29,35-37H,22,24-27H2,1-4H3,(H,46,50)(H,47,51)(H,48,52)/t35?,36-,37-/m0/s1. The number of ketones is 1. The number of ether oxygens (including phenoxy) is 3. The smallest absolute Gasteiger partial charge is 0.408 e. The number of aromatic nitrogens is 1. The molecule has 0 aliphatic rings. The van der Waals surface area contributed by atoms with E-state index in [1.54, 1.807) is 101 Å². The third kappa shape index (κ3) is 13.3. The first-order valence-electron chi connectivity index (χ1n) is 18.1. The third-order valence-corrected chi connectivity index (χ3v) is 8.68. The highest BCUT2D eigenvalue weighted by molar-refractivity contribution is 6.10. The van der Waals surface area contributed by atoms with Crippen molar-refractivity contribution in [1.82, 2.24) is 20.9 Å². The van der Waals surface area contributed by atoms with Gasteiger partial charge in [-0.2, -0.15) is 8.78 Å². The van der Waals surface area contributed by atoms with Crippen molar-refractivity contribution in [2.45, 2.75) is 78.0 Å². The molecule has 3 aromatic carbocycles. The summed E-state index contributed by atoms with van der Waals surface area (Å²) >= 11 is 0. The molecule has 3 atom stereocenters. The first-order valence-corrected chi connectivity index (χ1v) is 18.1. The molecule has 0 saturated heterocycles. The number of carbonyl (C=O) groups excluding carboxylic acids is 4. The molecule has 13 heteroatoms. The van der Waals surface area contributed by atoms with E-state index in [1.165, 1.54) is 0 Å². The number of amides is 3. The Labute approximate surface area is 320 Å². The van der Waals surface area contributed by atoms with Crippen molar-refractivity contribution in [3.05, 3.63) is 132 Å². The summed E-state index contributed by atoms with van der Waals surface area (Å²) in [6.45, 7) is 6.96. The summed E-state index contributed by atoms with van der Waals surface area (Å²) in [7, 11) is 0. The topological polar surface area (TPSA) is 145 Å². The van der Waals surface area contributed by atoms with Crippen molar-refractivity contribution in [1.29, 1.82) is 0 Å². The average molecular weight is 759 g/mol. The normalized spacial score (nSPS) is 13.0. The van der Waals surface area contributed by atoms with Gasteiger partial charge in [-0.05, 0) is 52.3 Å². The van der Waals surface area contributed by atoms with Gasteiger partial charge in [0.15, 0.2) is 0 Å². The lowest BCUT2D eigenvalue weighted by Crippen LogP contribution is -2.60. The summed E-state index contributed by atoms with van der Waals surface area (Å²) in [6.07, 6.45) is 1.90. The second-order valence-corrected chi connectivity index (χ2v) is 13.8. The maximum atomic E-state index is 15.9. The lowest BCUT2D eigenvalue weighted by atomic mass is 9.96. The van der Waals surface area contributed by atoms with Gasteiger partial charge in [-0.3, -0.25) is 19.4 Å². The van der Waals surface area contributed by atoms with E-state index < -0.39 is 60.1 Å². The van der Waals surface area contributed by atoms with Gasteiger partial charge in [0.05, 0.1) is 25.3 Å². The number of alkyl carbamates (subject to hydrolysis) is 1. The second-order valence-electron chi connectivity index (χ2n) is 13.8. The summed E-state index contributed by atoms with van der Waals surface area (Å²) in [5.74, 6) is -9.49. The van der Waals surface area contributed by atoms with E-state index in [9.17, 15) is 19.2 Å². The summed E-state index contributed by atoms with van der Waals surface area (Å²) in [5, 5.41) is 7.14. The molecule has 0 aliphatic carbocycles. The van der Waals surface area contributed by atoms with E-state index in [0.29, 0.717) is 23.5 Å². The van der Waals surface area contributed by atoms with Crippen molar-refractivity contribution in [2.75, 3.05) is 6.61 Å². The van der Waals surface area contributed by atoms with E-state index in [2.05, 4.69) is 20.9 Å². The number of hydrogen-bond donors (Lipinski definition) is 3. The Morgan fingerprint density at radius 3 is 1.89 bits per heavy atom. The van der Waals surface area contributed by atoms with E-state index in [-0.39, 0.29) is 25.7 Å². The minimum absolute atomic E-state index is 0.0709. The number of alkyl halides is 2. The summed E-state index contributed by atoms with van der Waals surface area (Å²) in [5.41, 5.74) is 2.81. The van der Waals surface area contributed by atoms with Crippen molar-refractivity contribution < 1.29 is 42.2 Å². The fourth-order valence-electron chi connectivity index (χ4n) is 5.37. The lowest BCUT2D eigenvalue weighted by molar-refractivity contribution is -0.161. The van der Waals surface area contributed by atoms with Gasteiger partial charge in [0.2, 0.25) is 11.7 Å². The van der Waals surface area contributed by atoms with Gasteiger partial charge in [-0.25, -0.2) is 4.79 Å². The molecular weight excluding hydrogens is 710 g/mol. The number of halogens is 2. The van der Waals surface area contributed by atoms with Crippen LogP contribution >= 0.6 is 0 Å². The van der Waals surface area contributed by atoms with Crippen LogP contribution in [-0.4, -0.2) is 59.3 Å². The zero-order valence-electron chi connectivity index (χ0n) is 31.4. The van der Waals surface area contributed by atoms with Crippen LogP contribution in [0.5, 0.6) is 5.75 Å². The summed E-state index contributed by atoms with van der Waals surface area (Å²) in [6, 6.07) is 24.3. The first-order chi connectivity index (χ1) is 26.3. The van der Waals surface area contributed by atoms with Gasteiger partial charge in [-0.1, -0.05) is 107 Å². The second kappa shape index (κ2) is 20.7. The van der Waals surface area contributed by atoms with Gasteiger partial charge < -0.3 is 30.2 Å². The van der Waals surface area contributed by atoms with E-state index in [4.69, 9.17) is 14.2 Å². The zero-order valence-corrected chi connectivity index (χ0v) is 31.4. The first kappa shape index (κ1) is 42.1. The molecular formula is C42H48F2N4O7. The highest BCUT2D eigenvalue weighted by Gasteiger charge is 2.51. The molecule has 0 bridgehead atoms. The van der Waals surface area contributed by atoms with Crippen LogP contribution < -0.4 is 20.7 Å². The molecule has 1 unspecified atom stereocenters. The van der Waals surface area contributed by atoms with Gasteiger partial charge in [0, 0.05) is 18.8 Å². The van der Waals surface area contributed by atoms with Crippen molar-refractivity contribution in [2.24, 2.45) is 11.8 Å². The Hall–Kier alpha value is -5.69. The molecule has 1 aromatic heterocycles. The van der Waals surface area contributed by atoms with E-state index in [1.807, 2.05) is 36.4 Å². The van der Waals surface area contributed by atoms with E-state index in [0.717, 1.165) is 11.1 Å². The van der Waals surface area contributed by atoms with Crippen LogP contribution in [0.2, 0.25) is 0 Å². The molecule has 0 aliphatic heterocycles. The number of benzene rings is 3. The average Bonchev–Trinajstić information content (AvgIpc) is 3.18. The van der Waals surface area contributed by atoms with Crippen LogP contribution in [0.15, 0.2) is 109 Å². The molecule has 0 fully saturated rings. The monoisotopic (exact) mass is 758 g/mol. The Morgan fingerprint density at radius 1 is 0.691 bits per heavy atom. The van der Waals surface area contributed by atoms with Crippen molar-refractivity contribution >= 4 is 23.7 Å². The van der Waals surface area contributed by atoms with Crippen LogP contribution in [0.1, 0.15) is 49.9 Å². The van der Waals surface area contributed by atoms with Crippen LogP contribution in [0, 0.1) is 11.8 Å². The molecule has 4 aromatic rings. The van der Waals surface area contributed by atoms with Crippen molar-refractivity contribution in [3.8, 4) is 5.75 Å². The quantitative estimate of drug-likeness (QED) is 0.0905. The van der Waals surface area contributed by atoms with Crippen molar-refractivity contribution in [3.63, 3.8) is 0 Å². The number of rotatable bonds is 20. The largest absolute Gasteiger partial charge is 0.489 e. The molecule has 55 heavy (non-hydrogen) atoms. The molecule has 3 N–H and O–H groups in total. The van der Waals surface area contributed by atoms with Crippen LogP contribution in [0.4, 0.5) is 13.6 Å². The highest BCUT2D eigenvalue weighted by Crippen LogP contribution is 2.22. The maximum Gasteiger partial charge on any atom is 0.408 e. The molecule has 11 nitrogen and oxygen atoms in total. The minimum atomic E-state index is -4.55. The van der Waals surface area contributed by atoms with Crippen LogP contribution in [0.3, 0.4) is 0 Å². The number of nitrogens with zero attached hydrogens (tertiary/aromatic N) is 1. The molecule has 0 spiro atoms. The zero-order chi connectivity index (χ0) is 39.8. The molecule has 1 heterocycles. The molecule has 0 radical (unpaired) electrons. The number of pyridine rings is 1. The van der Waals surface area contributed by atoms with Crippen LogP contribution in [-0.2, 0) is 50.1 Å². The summed E-state index contributed by atoms with van der Waals surface area (Å²) in [4.78, 5) is 57.2. The Balaban J connectivity index is 1.49. The fourth-order valence-corrected chi connectivity index (χ4v) is 5.37. The SMILES string of the molecule is CC(C)[C@H](COCc1cccnc1)NC(=O)C(F)(F)C(=O)C(Cc1ccc(OCc2ccccc2)cc1)NC(=O)[C@@H](NC(=O)OCc1ccccc1)C(C)C. The number of nitrogens with one attached hydrogen (secondary N) is 3. The van der Waals surface area contributed by atoms with Gasteiger partial charge >= 0.3 is 12.0 Å². The minimum Gasteiger partial charge on any atom is -0.489 e. The Morgan fingerprint density at radius 2 is 1.31 bits per heavy atom. The van der Waals surface area contributed by atoms with Gasteiger partial charge in [0.25, 0.3) is 5.91 Å². The molecule has 3 amide bonds. The maximum absolute atomic E-state index is 15.9. The number of carbonyl (C=O) groups is 4. The highest BCUT2D eigenvalue weighted by atomic mass is 19.3. The van der Waals surface area contributed by atoms with E-state index >= 15 is 8.78 Å². The van der Waals surface area contributed by atoms with Crippen LogP contribution in [0.25, 0.3) is 0 Å². The number of hydrogen-bond acceptors (Lipinski definition) is 8. The number of Topliss-reactive ketones (excluding diaryl/α,β-unsaturated/α-hetero) is 1. The molecule has 4 rings (SSSR count). The third-order valence-electron chi connectivity index (χ3n) is 8.68. The molecule has 0 saturated carbocycles. The lowest BCUT2D eigenvalue weighted by Gasteiger charge is -2.28. The molecule has 292 valence electrons. The summed E-state index contributed by atoms with van der Waals surface area (Å²) < 4.78 is 48.6. The van der Waals surface area contributed by atoms with Gasteiger partial charge in [0.1, 0.15) is 25.0 Å². The van der Waals surface area contributed by atoms with Gasteiger partial charge in [-0.15, -0.1) is 0 Å². The predicted molar refractivity (Wildman–Crippen MR) is 202 cm³/mol.